The van der Waals surface area contributed by atoms with E-state index in [0.717, 1.165) is 57.1 Å². The lowest BCUT2D eigenvalue weighted by Crippen LogP contribution is -2.08. The van der Waals surface area contributed by atoms with Crippen LogP contribution in [-0.4, -0.2) is 34.3 Å². The molecule has 1 aliphatic carbocycles. The molecular formula is C28H30N2O4S. The summed E-state index contributed by atoms with van der Waals surface area (Å²) in [6, 6.07) is 14.0. The maximum Gasteiger partial charge on any atom is 0.312 e. The van der Waals surface area contributed by atoms with Gasteiger partial charge in [-0.05, 0) is 87.6 Å². The molecule has 1 atom stereocenters. The van der Waals surface area contributed by atoms with Gasteiger partial charge in [-0.1, -0.05) is 0 Å². The van der Waals surface area contributed by atoms with Crippen molar-refractivity contribution in [1.29, 1.82) is 0 Å². The van der Waals surface area contributed by atoms with Crippen molar-refractivity contribution in [2.24, 2.45) is 0 Å². The van der Waals surface area contributed by atoms with E-state index >= 15 is 0 Å². The number of thiazole rings is 1. The zero-order valence-corrected chi connectivity index (χ0v) is 20.9. The Labute approximate surface area is 208 Å². The Hall–Kier alpha value is -3.32. The minimum Gasteiger partial charge on any atom is -0.493 e. The van der Waals surface area contributed by atoms with Crippen molar-refractivity contribution in [1.82, 2.24) is 9.97 Å². The number of hydrogen-bond donors (Lipinski definition) is 2. The fourth-order valence-corrected chi connectivity index (χ4v) is 5.74. The molecule has 182 valence electrons. The van der Waals surface area contributed by atoms with E-state index in [1.54, 1.807) is 6.92 Å². The van der Waals surface area contributed by atoms with E-state index < -0.39 is 11.9 Å². The van der Waals surface area contributed by atoms with Gasteiger partial charge in [0.1, 0.15) is 16.5 Å². The predicted molar refractivity (Wildman–Crippen MR) is 139 cm³/mol. The summed E-state index contributed by atoms with van der Waals surface area (Å²) in [5.74, 6) is 0.196. The van der Waals surface area contributed by atoms with Gasteiger partial charge in [-0.25, -0.2) is 4.98 Å². The molecule has 0 fully saturated rings. The molecule has 7 heteroatoms. The molecule has 0 amide bonds. The Kier molecular flexibility index (Phi) is 6.77. The smallest absolute Gasteiger partial charge is 0.312 e. The van der Waals surface area contributed by atoms with Crippen LogP contribution in [0.2, 0.25) is 0 Å². The molecule has 2 N–H and O–H groups in total. The Bertz CT molecular complexity index is 1320. The molecule has 0 aliphatic heterocycles. The Balaban J connectivity index is 1.12. The third kappa shape index (κ3) is 5.05. The Morgan fingerprint density at radius 2 is 1.80 bits per heavy atom. The maximum absolute atomic E-state index is 11.4. The average molecular weight is 491 g/mol. The first-order chi connectivity index (χ1) is 17.0. The van der Waals surface area contributed by atoms with Gasteiger partial charge in [0.05, 0.1) is 24.8 Å². The Morgan fingerprint density at radius 3 is 2.54 bits per heavy atom. The number of carbonyl (C=O) groups is 1. The number of ether oxygens (including phenoxy) is 2. The topological polar surface area (TPSA) is 84.4 Å². The van der Waals surface area contributed by atoms with Crippen molar-refractivity contribution in [3.63, 3.8) is 0 Å². The first-order valence-electron chi connectivity index (χ1n) is 12.2. The zero-order chi connectivity index (χ0) is 24.4. The third-order valence-electron chi connectivity index (χ3n) is 6.64. The van der Waals surface area contributed by atoms with Crippen molar-refractivity contribution in [3.8, 4) is 22.1 Å². The summed E-state index contributed by atoms with van der Waals surface area (Å²) in [6.07, 6.45) is 5.56. The number of carboxylic acids is 1. The highest BCUT2D eigenvalue weighted by molar-refractivity contribution is 7.15. The van der Waals surface area contributed by atoms with Crippen LogP contribution in [0.5, 0.6) is 11.5 Å². The fourth-order valence-electron chi connectivity index (χ4n) is 4.58. The molecule has 5 rings (SSSR count). The highest BCUT2D eigenvalue weighted by atomic mass is 32.1. The number of benzene rings is 2. The molecule has 1 aliphatic rings. The molecular weight excluding hydrogens is 460 g/mol. The summed E-state index contributed by atoms with van der Waals surface area (Å²) in [7, 11) is 0. The van der Waals surface area contributed by atoms with Crippen LogP contribution in [0.15, 0.2) is 42.5 Å². The lowest BCUT2D eigenvalue weighted by atomic mass is 10.0. The van der Waals surface area contributed by atoms with E-state index in [9.17, 15) is 9.90 Å². The molecule has 1 unspecified atom stereocenters. The van der Waals surface area contributed by atoms with Gasteiger partial charge in [-0.2, -0.15) is 0 Å². The third-order valence-corrected chi connectivity index (χ3v) is 7.85. The van der Waals surface area contributed by atoms with Gasteiger partial charge in [-0.3, -0.25) is 4.79 Å². The average Bonchev–Trinajstić information content (AvgIpc) is 3.45. The summed E-state index contributed by atoms with van der Waals surface area (Å²) < 4.78 is 11.8. The lowest BCUT2D eigenvalue weighted by molar-refractivity contribution is -0.138. The van der Waals surface area contributed by atoms with Crippen LogP contribution in [0.25, 0.3) is 21.5 Å². The second kappa shape index (κ2) is 10.1. The molecule has 35 heavy (non-hydrogen) atoms. The van der Waals surface area contributed by atoms with E-state index in [1.807, 2.05) is 48.6 Å². The number of aromatic amines is 1. The van der Waals surface area contributed by atoms with Crippen molar-refractivity contribution >= 4 is 28.2 Å². The summed E-state index contributed by atoms with van der Waals surface area (Å²) in [5, 5.41) is 11.4. The minimum atomic E-state index is -0.840. The van der Waals surface area contributed by atoms with Gasteiger partial charge < -0.3 is 19.6 Å². The predicted octanol–water partition coefficient (Wildman–Crippen LogP) is 6.51. The molecule has 0 saturated carbocycles. The fraction of sp³-hybridized carbons (Fsp3) is 0.357. The second-order valence-electron chi connectivity index (χ2n) is 9.10. The van der Waals surface area contributed by atoms with Gasteiger partial charge in [0.2, 0.25) is 0 Å². The Morgan fingerprint density at radius 1 is 1.09 bits per heavy atom. The number of aliphatic carboxylic acids is 1. The van der Waals surface area contributed by atoms with E-state index in [1.165, 1.54) is 29.8 Å². The number of aryl methyl sites for hydroxylation is 3. The van der Waals surface area contributed by atoms with Crippen LogP contribution in [-0.2, 0) is 17.6 Å². The standard InChI is InChI=1S/C28H30N2O4S/c1-17-22-16-21(12-13-23(22)29-26(17)18(2)28(31)32)34-15-5-14-33-20-10-8-19(9-11-20)27-30-24-6-3-4-7-25(24)35-27/h8-13,16,18,29H,3-7,14-15H2,1-2H3,(H,31,32). The van der Waals surface area contributed by atoms with Crippen LogP contribution >= 0.6 is 11.3 Å². The molecule has 0 spiro atoms. The number of nitrogens with one attached hydrogen (secondary N) is 1. The monoisotopic (exact) mass is 490 g/mol. The van der Waals surface area contributed by atoms with Crippen LogP contribution in [0.1, 0.15) is 53.9 Å². The van der Waals surface area contributed by atoms with Crippen molar-refractivity contribution in [3.05, 3.63) is 64.3 Å². The van der Waals surface area contributed by atoms with Gasteiger partial charge in [0.15, 0.2) is 0 Å². The number of aromatic nitrogens is 2. The quantitative estimate of drug-likeness (QED) is 0.261. The summed E-state index contributed by atoms with van der Waals surface area (Å²) >= 11 is 1.83. The van der Waals surface area contributed by atoms with Gasteiger partial charge >= 0.3 is 5.97 Å². The number of rotatable bonds is 9. The molecule has 0 saturated heterocycles. The number of H-pyrrole nitrogens is 1. The molecule has 4 aromatic rings. The summed E-state index contributed by atoms with van der Waals surface area (Å²) in [4.78, 5) is 20.9. The molecule has 0 bridgehead atoms. The molecule has 2 aromatic carbocycles. The number of nitrogens with zero attached hydrogens (tertiary/aromatic N) is 1. The van der Waals surface area contributed by atoms with Crippen molar-refractivity contribution in [2.45, 2.75) is 51.9 Å². The van der Waals surface area contributed by atoms with Crippen molar-refractivity contribution < 1.29 is 19.4 Å². The van der Waals surface area contributed by atoms with E-state index in [4.69, 9.17) is 14.5 Å². The number of carboxylic acid groups (broad SMARTS) is 1. The van der Waals surface area contributed by atoms with Gasteiger partial charge in [-0.15, -0.1) is 11.3 Å². The number of hydrogen-bond acceptors (Lipinski definition) is 5. The largest absolute Gasteiger partial charge is 0.493 e. The number of fused-ring (bicyclic) bond motifs is 2. The molecule has 2 aromatic heterocycles. The minimum absolute atomic E-state index is 0.538. The van der Waals surface area contributed by atoms with Crippen LogP contribution in [0, 0.1) is 6.92 Å². The highest BCUT2D eigenvalue weighted by Crippen LogP contribution is 2.33. The molecule has 2 heterocycles. The van der Waals surface area contributed by atoms with E-state index in [-0.39, 0.29) is 0 Å². The zero-order valence-electron chi connectivity index (χ0n) is 20.1. The van der Waals surface area contributed by atoms with E-state index in [0.29, 0.717) is 13.2 Å². The van der Waals surface area contributed by atoms with E-state index in [2.05, 4.69) is 17.1 Å². The molecule has 0 radical (unpaired) electrons. The first kappa shape index (κ1) is 23.4. The maximum atomic E-state index is 11.4. The highest BCUT2D eigenvalue weighted by Gasteiger charge is 2.20. The SMILES string of the molecule is Cc1c(C(C)C(=O)O)[nH]c2ccc(OCCCOc3ccc(-c4nc5c(s4)CCCC5)cc3)cc12. The van der Waals surface area contributed by atoms with Crippen LogP contribution < -0.4 is 9.47 Å². The van der Waals surface area contributed by atoms with Crippen LogP contribution in [0.3, 0.4) is 0 Å². The van der Waals surface area contributed by atoms with Gasteiger partial charge in [0, 0.05) is 33.5 Å². The molecule has 6 nitrogen and oxygen atoms in total. The summed E-state index contributed by atoms with van der Waals surface area (Å²) in [6.45, 7) is 4.74. The normalized spacial score (nSPS) is 14.0. The second-order valence-corrected chi connectivity index (χ2v) is 10.2. The summed E-state index contributed by atoms with van der Waals surface area (Å²) in [5.41, 5.74) is 5.04. The van der Waals surface area contributed by atoms with Crippen LogP contribution in [0.4, 0.5) is 0 Å². The van der Waals surface area contributed by atoms with Crippen molar-refractivity contribution in [2.75, 3.05) is 13.2 Å². The first-order valence-corrected chi connectivity index (χ1v) is 13.0. The lowest BCUT2D eigenvalue weighted by Gasteiger charge is -2.09. The van der Waals surface area contributed by atoms with Gasteiger partial charge in [0.25, 0.3) is 0 Å².